The summed E-state index contributed by atoms with van der Waals surface area (Å²) in [6.45, 7) is 6.75. The van der Waals surface area contributed by atoms with Crippen LogP contribution in [-0.4, -0.2) is 61.3 Å². The Balaban J connectivity index is -0.0000000450. The Bertz CT molecular complexity index is 30.3. The van der Waals surface area contributed by atoms with Crippen molar-refractivity contribution in [3.63, 3.8) is 0 Å². The third-order valence-electron chi connectivity index (χ3n) is 0.671. The Morgan fingerprint density at radius 1 is 0.615 bits per heavy atom. The van der Waals surface area contributed by atoms with Gasteiger partial charge in [0.15, 0.2) is 0 Å². The molecule has 0 aromatic rings. The van der Waals surface area contributed by atoms with E-state index in [4.69, 9.17) is 15.3 Å². The third kappa shape index (κ3) is 104. The van der Waals surface area contributed by atoms with Gasteiger partial charge in [0, 0.05) is 46.0 Å². The molecule has 3 nitrogen and oxygen atoms in total. The first kappa shape index (κ1) is 23.5. The minimum absolute atomic E-state index is 0. The SMILES string of the molecule is CCCO.CCCO.CCCO.[Bi]. The molecule has 0 amide bonds. The fourth-order valence-electron chi connectivity index (χ4n) is 0. The van der Waals surface area contributed by atoms with E-state index in [2.05, 4.69) is 0 Å². The summed E-state index contributed by atoms with van der Waals surface area (Å²) in [5, 5.41) is 23.6. The molecule has 0 fully saturated rings. The van der Waals surface area contributed by atoms with E-state index in [1.54, 1.807) is 0 Å². The van der Waals surface area contributed by atoms with Gasteiger partial charge in [0.25, 0.3) is 0 Å². The summed E-state index contributed by atoms with van der Waals surface area (Å²) in [7, 11) is 0. The molecule has 0 aromatic heterocycles. The molecule has 4 heteroatoms. The van der Waals surface area contributed by atoms with Crippen molar-refractivity contribution in [2.24, 2.45) is 0 Å². The van der Waals surface area contributed by atoms with Crippen LogP contribution >= 0.6 is 0 Å². The summed E-state index contributed by atoms with van der Waals surface area (Å²) in [6.07, 6.45) is 2.62. The molecule has 83 valence electrons. The predicted molar refractivity (Wildman–Crippen MR) is 57.9 cm³/mol. The summed E-state index contributed by atoms with van der Waals surface area (Å²) >= 11 is 0. The van der Waals surface area contributed by atoms with Crippen molar-refractivity contribution in [3.05, 3.63) is 0 Å². The summed E-state index contributed by atoms with van der Waals surface area (Å²) in [6, 6.07) is 0. The van der Waals surface area contributed by atoms with Crippen LogP contribution < -0.4 is 0 Å². The molecule has 0 saturated heterocycles. The van der Waals surface area contributed by atoms with Crippen molar-refractivity contribution in [1.82, 2.24) is 0 Å². The number of aliphatic hydroxyl groups is 3. The molecule has 0 bridgehead atoms. The zero-order valence-corrected chi connectivity index (χ0v) is 12.5. The van der Waals surface area contributed by atoms with Crippen molar-refractivity contribution in [1.29, 1.82) is 0 Å². The number of aliphatic hydroxyl groups excluding tert-OH is 3. The Kier molecular flexibility index (Phi) is 69.9. The van der Waals surface area contributed by atoms with E-state index >= 15 is 0 Å². The van der Waals surface area contributed by atoms with E-state index in [0.29, 0.717) is 19.8 Å². The molecule has 0 saturated carbocycles. The largest absolute Gasteiger partial charge is 0.396 e. The summed E-state index contributed by atoms with van der Waals surface area (Å²) < 4.78 is 0. The molecule has 0 heterocycles. The molecule has 3 radical (unpaired) electrons. The monoisotopic (exact) mass is 389 g/mol. The second-order valence-corrected chi connectivity index (χ2v) is 2.17. The van der Waals surface area contributed by atoms with E-state index in [1.807, 2.05) is 20.8 Å². The van der Waals surface area contributed by atoms with Gasteiger partial charge >= 0.3 is 0 Å². The van der Waals surface area contributed by atoms with Crippen LogP contribution in [0.2, 0.25) is 0 Å². The van der Waals surface area contributed by atoms with E-state index in [0.717, 1.165) is 19.3 Å². The predicted octanol–water partition coefficient (Wildman–Crippen LogP) is 0.785. The Hall–Kier alpha value is 0.763. The van der Waals surface area contributed by atoms with Crippen LogP contribution in [0, 0.1) is 0 Å². The normalized spacial score (nSPS) is 6.92. The third-order valence-corrected chi connectivity index (χ3v) is 0.671. The smallest absolute Gasteiger partial charge is 0.0428 e. The van der Waals surface area contributed by atoms with Gasteiger partial charge in [-0.3, -0.25) is 0 Å². The van der Waals surface area contributed by atoms with Crippen LogP contribution in [0.1, 0.15) is 40.0 Å². The van der Waals surface area contributed by atoms with Crippen molar-refractivity contribution in [2.45, 2.75) is 40.0 Å². The molecular weight excluding hydrogens is 365 g/mol. The first-order valence-corrected chi connectivity index (χ1v) is 4.57. The maximum Gasteiger partial charge on any atom is 0.0428 e. The standard InChI is InChI=1S/3C3H8O.Bi/c3*1-2-3-4;/h3*4H,2-3H2,1H3;. The van der Waals surface area contributed by atoms with E-state index in [1.165, 1.54) is 0 Å². The fourth-order valence-corrected chi connectivity index (χ4v) is 0. The summed E-state index contributed by atoms with van der Waals surface area (Å²) in [5.74, 6) is 0. The molecule has 13 heavy (non-hydrogen) atoms. The summed E-state index contributed by atoms with van der Waals surface area (Å²) in [4.78, 5) is 0. The van der Waals surface area contributed by atoms with Gasteiger partial charge in [-0.25, -0.2) is 0 Å². The van der Waals surface area contributed by atoms with Crippen molar-refractivity contribution in [3.8, 4) is 0 Å². The zero-order valence-electron chi connectivity index (χ0n) is 9.03. The van der Waals surface area contributed by atoms with Crippen LogP contribution in [0.4, 0.5) is 0 Å². The van der Waals surface area contributed by atoms with Gasteiger partial charge in [0.05, 0.1) is 0 Å². The van der Waals surface area contributed by atoms with Crippen LogP contribution in [0.25, 0.3) is 0 Å². The van der Waals surface area contributed by atoms with E-state index < -0.39 is 0 Å². The van der Waals surface area contributed by atoms with E-state index in [-0.39, 0.29) is 26.2 Å². The van der Waals surface area contributed by atoms with Gasteiger partial charge in [0.1, 0.15) is 0 Å². The van der Waals surface area contributed by atoms with Crippen LogP contribution in [0.5, 0.6) is 0 Å². The molecule has 0 aliphatic carbocycles. The second-order valence-electron chi connectivity index (χ2n) is 2.17. The van der Waals surface area contributed by atoms with E-state index in [9.17, 15) is 0 Å². The average molecular weight is 389 g/mol. The number of rotatable bonds is 3. The minimum atomic E-state index is 0. The van der Waals surface area contributed by atoms with Gasteiger partial charge in [-0.05, 0) is 19.3 Å². The van der Waals surface area contributed by atoms with Gasteiger partial charge in [-0.1, -0.05) is 20.8 Å². The maximum absolute atomic E-state index is 7.88. The first-order chi connectivity index (χ1) is 5.74. The summed E-state index contributed by atoms with van der Waals surface area (Å²) in [5.41, 5.74) is 0. The Morgan fingerprint density at radius 3 is 0.692 bits per heavy atom. The number of hydrogen-bond acceptors (Lipinski definition) is 3. The molecule has 0 aromatic carbocycles. The fraction of sp³-hybridized carbons (Fsp3) is 1.00. The number of hydrogen-bond donors (Lipinski definition) is 3. The average Bonchev–Trinajstić information content (AvgIpc) is 2.18. The van der Waals surface area contributed by atoms with Gasteiger partial charge in [-0.15, -0.1) is 0 Å². The van der Waals surface area contributed by atoms with Gasteiger partial charge < -0.3 is 15.3 Å². The molecular formula is C9H24BiO3. The molecule has 0 aliphatic heterocycles. The quantitative estimate of drug-likeness (QED) is 0.626. The van der Waals surface area contributed by atoms with Crippen LogP contribution in [0.3, 0.4) is 0 Å². The van der Waals surface area contributed by atoms with Gasteiger partial charge in [-0.2, -0.15) is 0 Å². The van der Waals surface area contributed by atoms with Crippen molar-refractivity contribution < 1.29 is 15.3 Å². The topological polar surface area (TPSA) is 60.7 Å². The van der Waals surface area contributed by atoms with Crippen LogP contribution in [0.15, 0.2) is 0 Å². The first-order valence-electron chi connectivity index (χ1n) is 4.57. The molecule has 0 rings (SSSR count). The van der Waals surface area contributed by atoms with Crippen LogP contribution in [-0.2, 0) is 0 Å². The Morgan fingerprint density at radius 2 is 0.692 bits per heavy atom. The maximum atomic E-state index is 7.88. The molecule has 0 unspecified atom stereocenters. The minimum Gasteiger partial charge on any atom is -0.396 e. The van der Waals surface area contributed by atoms with Crippen molar-refractivity contribution in [2.75, 3.05) is 19.8 Å². The molecule has 3 N–H and O–H groups in total. The Labute approximate surface area is 101 Å². The van der Waals surface area contributed by atoms with Crippen molar-refractivity contribution >= 4 is 26.2 Å². The van der Waals surface area contributed by atoms with Gasteiger partial charge in [0.2, 0.25) is 0 Å². The second kappa shape index (κ2) is 38.6. The molecule has 0 aliphatic rings. The zero-order chi connectivity index (χ0) is 10.2. The molecule has 0 spiro atoms. The molecule has 0 atom stereocenters.